The number of imidazole rings is 1. The summed E-state index contributed by atoms with van der Waals surface area (Å²) in [7, 11) is 3.97. The summed E-state index contributed by atoms with van der Waals surface area (Å²) in [6.45, 7) is 5.04. The van der Waals surface area contributed by atoms with Gasteiger partial charge in [0.2, 0.25) is 0 Å². The fourth-order valence-electron chi connectivity index (χ4n) is 1.99. The molecule has 124 valence electrons. The Morgan fingerprint density at radius 2 is 2.09 bits per heavy atom. The number of rotatable bonds is 6. The van der Waals surface area contributed by atoms with Crippen LogP contribution in [0.2, 0.25) is 0 Å². The van der Waals surface area contributed by atoms with Crippen molar-refractivity contribution in [1.82, 2.24) is 30.1 Å². The Bertz CT molecular complexity index is 652. The van der Waals surface area contributed by atoms with Crippen molar-refractivity contribution in [2.24, 2.45) is 0 Å². The van der Waals surface area contributed by atoms with E-state index in [1.54, 1.807) is 12.4 Å². The van der Waals surface area contributed by atoms with Gasteiger partial charge in [-0.15, -0.1) is 0 Å². The van der Waals surface area contributed by atoms with Crippen molar-refractivity contribution < 1.29 is 4.79 Å². The Morgan fingerprint density at radius 1 is 1.30 bits per heavy atom. The molecule has 2 rings (SSSR count). The SMILES string of the molecule is Cc1nccn1-c1cc(CNC(=O)NC[C@@H](C)N(C)C)ccn1. The van der Waals surface area contributed by atoms with Gasteiger partial charge in [-0.05, 0) is 45.6 Å². The Kier molecular flexibility index (Phi) is 5.70. The summed E-state index contributed by atoms with van der Waals surface area (Å²) in [5.74, 6) is 1.67. The number of aromatic nitrogens is 3. The Hall–Kier alpha value is -2.41. The third-order valence-electron chi connectivity index (χ3n) is 3.78. The maximum absolute atomic E-state index is 11.8. The summed E-state index contributed by atoms with van der Waals surface area (Å²) in [5, 5.41) is 5.72. The number of likely N-dealkylation sites (N-methyl/N-ethyl adjacent to an activating group) is 1. The minimum absolute atomic E-state index is 0.170. The molecule has 0 spiro atoms. The highest BCUT2D eigenvalue weighted by atomic mass is 16.2. The quantitative estimate of drug-likeness (QED) is 0.843. The molecule has 0 aliphatic carbocycles. The Morgan fingerprint density at radius 3 is 2.74 bits per heavy atom. The Labute approximate surface area is 136 Å². The second kappa shape index (κ2) is 7.73. The highest BCUT2D eigenvalue weighted by Gasteiger charge is 2.07. The zero-order valence-corrected chi connectivity index (χ0v) is 14.1. The topological polar surface area (TPSA) is 75.1 Å². The van der Waals surface area contributed by atoms with Gasteiger partial charge >= 0.3 is 6.03 Å². The first kappa shape index (κ1) is 17.0. The third-order valence-corrected chi connectivity index (χ3v) is 3.78. The van der Waals surface area contributed by atoms with Crippen LogP contribution in [-0.2, 0) is 6.54 Å². The number of carbonyl (C=O) groups is 1. The van der Waals surface area contributed by atoms with Gasteiger partial charge in [-0.3, -0.25) is 4.57 Å². The number of pyridine rings is 1. The van der Waals surface area contributed by atoms with E-state index < -0.39 is 0 Å². The van der Waals surface area contributed by atoms with E-state index >= 15 is 0 Å². The average molecular weight is 316 g/mol. The van der Waals surface area contributed by atoms with Gasteiger partial charge in [0, 0.05) is 37.7 Å². The molecule has 1 atom stereocenters. The van der Waals surface area contributed by atoms with E-state index in [2.05, 4.69) is 32.4 Å². The summed E-state index contributed by atoms with van der Waals surface area (Å²) >= 11 is 0. The third kappa shape index (κ3) is 4.79. The van der Waals surface area contributed by atoms with Crippen molar-refractivity contribution in [2.75, 3.05) is 20.6 Å². The van der Waals surface area contributed by atoms with Crippen molar-refractivity contribution >= 4 is 6.03 Å². The lowest BCUT2D eigenvalue weighted by Crippen LogP contribution is -2.42. The van der Waals surface area contributed by atoms with Gasteiger partial charge in [0.1, 0.15) is 11.6 Å². The predicted molar refractivity (Wildman–Crippen MR) is 89.5 cm³/mol. The highest BCUT2D eigenvalue weighted by molar-refractivity contribution is 5.73. The molecule has 2 N–H and O–H groups in total. The first-order chi connectivity index (χ1) is 11.0. The Balaban J connectivity index is 1.89. The number of carbonyl (C=O) groups excluding carboxylic acids is 1. The number of hydrogen-bond donors (Lipinski definition) is 2. The summed E-state index contributed by atoms with van der Waals surface area (Å²) < 4.78 is 1.91. The minimum Gasteiger partial charge on any atom is -0.337 e. The molecule has 0 bridgehead atoms. The van der Waals surface area contributed by atoms with Gasteiger partial charge < -0.3 is 15.5 Å². The van der Waals surface area contributed by atoms with Crippen LogP contribution in [0.1, 0.15) is 18.3 Å². The molecule has 0 saturated heterocycles. The van der Waals surface area contributed by atoms with Crippen molar-refractivity contribution in [3.05, 3.63) is 42.1 Å². The van der Waals surface area contributed by atoms with E-state index in [0.717, 1.165) is 17.2 Å². The van der Waals surface area contributed by atoms with Gasteiger partial charge in [-0.25, -0.2) is 14.8 Å². The normalized spacial score (nSPS) is 12.2. The van der Waals surface area contributed by atoms with E-state index in [-0.39, 0.29) is 12.1 Å². The molecule has 0 radical (unpaired) electrons. The average Bonchev–Trinajstić information content (AvgIpc) is 2.96. The van der Waals surface area contributed by atoms with Gasteiger partial charge in [-0.1, -0.05) is 0 Å². The molecule has 2 aromatic heterocycles. The number of nitrogens with zero attached hydrogens (tertiary/aromatic N) is 4. The van der Waals surface area contributed by atoms with Gasteiger partial charge in [-0.2, -0.15) is 0 Å². The van der Waals surface area contributed by atoms with E-state index in [1.807, 2.05) is 43.9 Å². The molecule has 0 fully saturated rings. The standard InChI is InChI=1S/C16H24N6O/c1-12(21(3)4)10-19-16(23)20-11-14-5-6-18-15(9-14)22-8-7-17-13(22)2/h5-9,12H,10-11H2,1-4H3,(H2,19,20,23)/t12-/m1/s1. The van der Waals surface area contributed by atoms with Crippen LogP contribution in [-0.4, -0.2) is 52.1 Å². The molecular formula is C16H24N6O. The molecule has 0 aliphatic heterocycles. The van der Waals surface area contributed by atoms with Crippen LogP contribution in [0.3, 0.4) is 0 Å². The van der Waals surface area contributed by atoms with Crippen LogP contribution in [0.25, 0.3) is 5.82 Å². The van der Waals surface area contributed by atoms with Crippen molar-refractivity contribution in [3.63, 3.8) is 0 Å². The number of urea groups is 1. The van der Waals surface area contributed by atoms with E-state index in [0.29, 0.717) is 13.1 Å². The number of hydrogen-bond acceptors (Lipinski definition) is 4. The predicted octanol–water partition coefficient (Wildman–Crippen LogP) is 1.33. The van der Waals surface area contributed by atoms with Crippen molar-refractivity contribution in [1.29, 1.82) is 0 Å². The summed E-state index contributed by atoms with van der Waals surface area (Å²) in [4.78, 5) is 22.4. The van der Waals surface area contributed by atoms with Crippen LogP contribution in [0.5, 0.6) is 0 Å². The zero-order valence-electron chi connectivity index (χ0n) is 14.1. The van der Waals surface area contributed by atoms with E-state index in [4.69, 9.17) is 0 Å². The maximum atomic E-state index is 11.8. The fraction of sp³-hybridized carbons (Fsp3) is 0.438. The molecule has 0 aromatic carbocycles. The smallest absolute Gasteiger partial charge is 0.315 e. The second-order valence-electron chi connectivity index (χ2n) is 5.74. The number of aryl methyl sites for hydroxylation is 1. The lowest BCUT2D eigenvalue weighted by atomic mass is 10.2. The molecule has 0 unspecified atom stereocenters. The van der Waals surface area contributed by atoms with Crippen molar-refractivity contribution in [3.8, 4) is 5.82 Å². The van der Waals surface area contributed by atoms with Crippen LogP contribution in [0.15, 0.2) is 30.7 Å². The minimum atomic E-state index is -0.170. The fourth-order valence-corrected chi connectivity index (χ4v) is 1.99. The van der Waals surface area contributed by atoms with Crippen LogP contribution in [0.4, 0.5) is 4.79 Å². The first-order valence-electron chi connectivity index (χ1n) is 7.60. The summed E-state index contributed by atoms with van der Waals surface area (Å²) in [6, 6.07) is 3.95. The molecular weight excluding hydrogens is 292 g/mol. The zero-order chi connectivity index (χ0) is 16.8. The van der Waals surface area contributed by atoms with Gasteiger partial charge in [0.05, 0.1) is 0 Å². The van der Waals surface area contributed by atoms with E-state index in [1.165, 1.54) is 0 Å². The molecule has 7 nitrogen and oxygen atoms in total. The van der Waals surface area contributed by atoms with Gasteiger partial charge in [0.25, 0.3) is 0 Å². The molecule has 0 aliphatic rings. The van der Waals surface area contributed by atoms with Gasteiger partial charge in [0.15, 0.2) is 0 Å². The summed E-state index contributed by atoms with van der Waals surface area (Å²) in [5.41, 5.74) is 0.985. The molecule has 2 aromatic rings. The molecule has 2 heterocycles. The first-order valence-corrected chi connectivity index (χ1v) is 7.60. The van der Waals surface area contributed by atoms with E-state index in [9.17, 15) is 4.79 Å². The monoisotopic (exact) mass is 316 g/mol. The van der Waals surface area contributed by atoms with Crippen LogP contribution in [0, 0.1) is 6.92 Å². The maximum Gasteiger partial charge on any atom is 0.315 e. The largest absolute Gasteiger partial charge is 0.337 e. The van der Waals surface area contributed by atoms with Crippen molar-refractivity contribution in [2.45, 2.75) is 26.4 Å². The second-order valence-corrected chi connectivity index (χ2v) is 5.74. The molecule has 7 heteroatoms. The molecule has 0 saturated carbocycles. The lowest BCUT2D eigenvalue weighted by molar-refractivity contribution is 0.234. The number of nitrogens with one attached hydrogen (secondary N) is 2. The molecule has 23 heavy (non-hydrogen) atoms. The lowest BCUT2D eigenvalue weighted by Gasteiger charge is -2.20. The highest BCUT2D eigenvalue weighted by Crippen LogP contribution is 2.09. The van der Waals surface area contributed by atoms with Crippen LogP contribution < -0.4 is 10.6 Å². The molecule has 2 amide bonds. The summed E-state index contributed by atoms with van der Waals surface area (Å²) in [6.07, 6.45) is 5.34. The number of amides is 2. The van der Waals surface area contributed by atoms with Crippen LogP contribution >= 0.6 is 0 Å².